The number of hydrogen-bond donors (Lipinski definition) is 0. The lowest BCUT2D eigenvalue weighted by Gasteiger charge is -2.22. The van der Waals surface area contributed by atoms with Gasteiger partial charge in [-0.1, -0.05) is 116 Å². The Bertz CT molecular complexity index is 963. The third-order valence-electron chi connectivity index (χ3n) is 5.62. The lowest BCUT2D eigenvalue weighted by atomic mass is 9.97. The molecule has 1 fully saturated rings. The largest absolute Gasteiger partial charge is 0.134 e. The van der Waals surface area contributed by atoms with E-state index in [0.29, 0.717) is 11.6 Å². The van der Waals surface area contributed by atoms with Crippen LogP contribution < -0.4 is 15.9 Å². The molecule has 0 bridgehead atoms. The third kappa shape index (κ3) is 4.61. The van der Waals surface area contributed by atoms with Crippen molar-refractivity contribution in [1.29, 1.82) is 0 Å². The van der Waals surface area contributed by atoms with Crippen molar-refractivity contribution in [2.45, 2.75) is 25.4 Å². The quantitative estimate of drug-likeness (QED) is 0.352. The van der Waals surface area contributed by atoms with E-state index in [1.807, 2.05) is 0 Å². The molecule has 0 N–H and O–H groups in total. The molecule has 146 valence electrons. The Morgan fingerprint density at radius 2 is 1.45 bits per heavy atom. The van der Waals surface area contributed by atoms with Gasteiger partial charge < -0.3 is 0 Å². The second-order valence-corrected chi connectivity index (χ2v) is 11.1. The molecule has 1 aliphatic carbocycles. The predicted octanol–water partition coefficient (Wildman–Crippen LogP) is 6.06. The van der Waals surface area contributed by atoms with E-state index in [9.17, 15) is 0 Å². The molecule has 0 spiro atoms. The Hall–Kier alpha value is -2.00. The Morgan fingerprint density at radius 1 is 0.897 bits per heavy atom. The van der Waals surface area contributed by atoms with E-state index in [1.54, 1.807) is 0 Å². The standard InChI is InChI=1S/C27H28P2/c1-20-17-23(26(18-20)21(2)28)19-22-11-9-10-16-27(22)29(24-12-5-3-6-13-24)25-14-7-4-8-15-25/h3-16,19,21,26H,1,17-18,28H2,2H3/b23-19-/t21-,26+/m0/s1. The zero-order chi connectivity index (χ0) is 20.2. The van der Waals surface area contributed by atoms with E-state index in [1.165, 1.54) is 32.6 Å². The zero-order valence-corrected chi connectivity index (χ0v) is 19.0. The Morgan fingerprint density at radius 3 is 2.03 bits per heavy atom. The van der Waals surface area contributed by atoms with Gasteiger partial charge in [-0.25, -0.2) is 0 Å². The summed E-state index contributed by atoms with van der Waals surface area (Å²) >= 11 is 0. The first-order valence-corrected chi connectivity index (χ1v) is 12.3. The van der Waals surface area contributed by atoms with Crippen LogP contribution >= 0.6 is 17.2 Å². The van der Waals surface area contributed by atoms with E-state index in [-0.39, 0.29) is 0 Å². The van der Waals surface area contributed by atoms with Gasteiger partial charge in [-0.3, -0.25) is 0 Å². The topological polar surface area (TPSA) is 0 Å². The molecule has 3 aromatic rings. The molecule has 4 rings (SSSR count). The smallest absolute Gasteiger partial charge is 0.00787 e. The molecule has 0 nitrogen and oxygen atoms in total. The van der Waals surface area contributed by atoms with Crippen molar-refractivity contribution in [2.75, 3.05) is 0 Å². The van der Waals surface area contributed by atoms with Crippen LogP contribution in [0.25, 0.3) is 6.08 Å². The van der Waals surface area contributed by atoms with Crippen LogP contribution in [-0.2, 0) is 0 Å². The van der Waals surface area contributed by atoms with Crippen LogP contribution in [0.4, 0.5) is 0 Å². The maximum absolute atomic E-state index is 4.29. The molecule has 3 aromatic carbocycles. The molecular weight excluding hydrogens is 386 g/mol. The highest BCUT2D eigenvalue weighted by Gasteiger charge is 2.27. The summed E-state index contributed by atoms with van der Waals surface area (Å²) in [5.74, 6) is 0.584. The van der Waals surface area contributed by atoms with Crippen molar-refractivity contribution in [1.82, 2.24) is 0 Å². The Balaban J connectivity index is 1.84. The average molecular weight is 414 g/mol. The fraction of sp³-hybridized carbons (Fsp3) is 0.185. The van der Waals surface area contributed by atoms with Crippen molar-refractivity contribution < 1.29 is 0 Å². The summed E-state index contributed by atoms with van der Waals surface area (Å²) < 4.78 is 0. The van der Waals surface area contributed by atoms with Gasteiger partial charge in [0, 0.05) is 0 Å². The third-order valence-corrected chi connectivity index (χ3v) is 8.60. The summed E-state index contributed by atoms with van der Waals surface area (Å²) in [6.07, 6.45) is 4.61. The number of hydrogen-bond acceptors (Lipinski definition) is 0. The fourth-order valence-corrected chi connectivity index (χ4v) is 7.02. The minimum atomic E-state index is -0.600. The number of allylic oxidation sites excluding steroid dienone is 2. The van der Waals surface area contributed by atoms with Gasteiger partial charge in [0.25, 0.3) is 0 Å². The van der Waals surface area contributed by atoms with Gasteiger partial charge in [-0.15, -0.1) is 9.24 Å². The molecule has 0 heterocycles. The fourth-order valence-electron chi connectivity index (χ4n) is 4.21. The minimum absolute atomic E-state index is 0.567. The Labute approximate surface area is 178 Å². The predicted molar refractivity (Wildman–Crippen MR) is 134 cm³/mol. The molecule has 1 aliphatic rings. The first-order chi connectivity index (χ1) is 14.1. The van der Waals surface area contributed by atoms with Crippen molar-refractivity contribution >= 4 is 39.2 Å². The molecule has 3 atom stereocenters. The van der Waals surface area contributed by atoms with Crippen LogP contribution in [0.5, 0.6) is 0 Å². The molecule has 0 aromatic heterocycles. The lowest BCUT2D eigenvalue weighted by molar-refractivity contribution is 0.652. The molecular formula is C27H28P2. The maximum atomic E-state index is 4.29. The zero-order valence-electron chi connectivity index (χ0n) is 17.0. The van der Waals surface area contributed by atoms with Crippen LogP contribution in [0.15, 0.2) is 103 Å². The van der Waals surface area contributed by atoms with E-state index < -0.39 is 7.92 Å². The summed E-state index contributed by atoms with van der Waals surface area (Å²) in [6.45, 7) is 6.59. The van der Waals surface area contributed by atoms with Gasteiger partial charge >= 0.3 is 0 Å². The highest BCUT2D eigenvalue weighted by atomic mass is 31.1. The van der Waals surface area contributed by atoms with Gasteiger partial charge in [0.1, 0.15) is 0 Å². The summed E-state index contributed by atoms with van der Waals surface area (Å²) in [5.41, 5.74) is 4.81. The van der Waals surface area contributed by atoms with Crippen molar-refractivity contribution in [3.8, 4) is 0 Å². The van der Waals surface area contributed by atoms with E-state index in [4.69, 9.17) is 0 Å². The van der Waals surface area contributed by atoms with Gasteiger partial charge in [-0.05, 0) is 53.8 Å². The van der Waals surface area contributed by atoms with Crippen LogP contribution in [0.1, 0.15) is 25.3 Å². The van der Waals surface area contributed by atoms with Crippen molar-refractivity contribution in [2.24, 2.45) is 5.92 Å². The van der Waals surface area contributed by atoms with Gasteiger partial charge in [0.05, 0.1) is 0 Å². The van der Waals surface area contributed by atoms with E-state index in [2.05, 4.69) is 114 Å². The Kier molecular flexibility index (Phi) is 6.44. The minimum Gasteiger partial charge on any atom is -0.134 e. The maximum Gasteiger partial charge on any atom is -0.00787 e. The van der Waals surface area contributed by atoms with E-state index >= 15 is 0 Å². The van der Waals surface area contributed by atoms with Crippen molar-refractivity contribution in [3.05, 3.63) is 108 Å². The first-order valence-electron chi connectivity index (χ1n) is 10.3. The second-order valence-electron chi connectivity index (χ2n) is 7.88. The monoisotopic (exact) mass is 414 g/mol. The molecule has 1 saturated carbocycles. The highest BCUT2D eigenvalue weighted by Crippen LogP contribution is 2.41. The van der Waals surface area contributed by atoms with Crippen molar-refractivity contribution in [3.63, 3.8) is 0 Å². The molecule has 29 heavy (non-hydrogen) atoms. The molecule has 0 amide bonds. The normalized spacial score (nSPS) is 19.1. The average Bonchev–Trinajstić information content (AvgIpc) is 3.11. The summed E-state index contributed by atoms with van der Waals surface area (Å²) in [4.78, 5) is 0. The molecule has 0 aliphatic heterocycles. The van der Waals surface area contributed by atoms with Gasteiger partial charge in [0.2, 0.25) is 0 Å². The van der Waals surface area contributed by atoms with Crippen LogP contribution in [0.2, 0.25) is 0 Å². The van der Waals surface area contributed by atoms with Crippen LogP contribution in [0.3, 0.4) is 0 Å². The number of rotatable bonds is 5. The summed E-state index contributed by atoms with van der Waals surface area (Å²) in [7, 11) is 2.40. The lowest BCUT2D eigenvalue weighted by Crippen LogP contribution is -2.22. The molecule has 0 radical (unpaired) electrons. The summed E-state index contributed by atoms with van der Waals surface area (Å²) in [5, 5.41) is 4.22. The SMILES string of the molecule is C=C1C/C(=C/c2ccccc2P(c2ccccc2)c2ccccc2)[C@@H]([C@H](C)P)C1. The molecule has 1 unspecified atom stereocenters. The summed E-state index contributed by atoms with van der Waals surface area (Å²) in [6, 6.07) is 30.9. The van der Waals surface area contributed by atoms with E-state index in [0.717, 1.165) is 12.8 Å². The highest BCUT2D eigenvalue weighted by molar-refractivity contribution is 7.80. The van der Waals surface area contributed by atoms with Crippen LogP contribution in [-0.4, -0.2) is 5.66 Å². The molecule has 2 heteroatoms. The second kappa shape index (κ2) is 9.21. The van der Waals surface area contributed by atoms with Crippen LogP contribution in [0, 0.1) is 5.92 Å². The van der Waals surface area contributed by atoms with Gasteiger partial charge in [-0.2, -0.15) is 0 Å². The first kappa shape index (κ1) is 20.3. The van der Waals surface area contributed by atoms with Gasteiger partial charge in [0.15, 0.2) is 0 Å². The number of benzene rings is 3. The molecule has 0 saturated heterocycles.